The fraction of sp³-hybridized carbons (Fsp3) is 0.514. The van der Waals surface area contributed by atoms with Crippen LogP contribution in [0.5, 0.6) is 5.75 Å². The molecular weight excluding hydrogens is 634 g/mol. The van der Waals surface area contributed by atoms with Crippen molar-refractivity contribution in [2.45, 2.75) is 101 Å². The van der Waals surface area contributed by atoms with Crippen molar-refractivity contribution in [1.82, 2.24) is 15.6 Å². The Bertz CT molecular complexity index is 1500. The molecular formula is C37H48ClN3O7. The van der Waals surface area contributed by atoms with Crippen LogP contribution in [-0.4, -0.2) is 75.6 Å². The van der Waals surface area contributed by atoms with E-state index in [1.807, 2.05) is 36.7 Å². The molecule has 0 spiro atoms. The minimum atomic E-state index is -1.46. The highest BCUT2D eigenvalue weighted by Crippen LogP contribution is 2.53. The Morgan fingerprint density at radius 1 is 1.02 bits per heavy atom. The number of nitrogens with one attached hydrogen (secondary N) is 2. The zero-order valence-corrected chi connectivity index (χ0v) is 28.2. The van der Waals surface area contributed by atoms with E-state index in [-0.39, 0.29) is 25.5 Å². The Labute approximate surface area is 287 Å². The van der Waals surface area contributed by atoms with E-state index in [1.54, 1.807) is 0 Å². The average molecular weight is 682 g/mol. The first-order chi connectivity index (χ1) is 23.2. The van der Waals surface area contributed by atoms with Crippen LogP contribution >= 0.6 is 11.6 Å². The van der Waals surface area contributed by atoms with Gasteiger partial charge in [0.15, 0.2) is 0 Å². The minimum Gasteiger partial charge on any atom is -0.490 e. The first kappa shape index (κ1) is 36.0. The van der Waals surface area contributed by atoms with E-state index >= 15 is 0 Å². The molecule has 6 N–H and O–H groups in total. The number of urea groups is 1. The van der Waals surface area contributed by atoms with Crippen LogP contribution in [0.4, 0.5) is 4.79 Å². The van der Waals surface area contributed by atoms with Crippen LogP contribution in [-0.2, 0) is 16.9 Å². The predicted octanol–water partition coefficient (Wildman–Crippen LogP) is 5.19. The van der Waals surface area contributed by atoms with E-state index in [0.717, 1.165) is 72.9 Å². The van der Waals surface area contributed by atoms with Gasteiger partial charge in [-0.3, -0.25) is 4.98 Å². The summed E-state index contributed by atoms with van der Waals surface area (Å²) in [4.78, 5) is 16.5. The number of rotatable bonds is 19. The highest BCUT2D eigenvalue weighted by Gasteiger charge is 2.48. The summed E-state index contributed by atoms with van der Waals surface area (Å²) < 4.78 is 12.9. The second-order valence-corrected chi connectivity index (χ2v) is 13.4. The maximum absolute atomic E-state index is 12.1. The number of halogens is 1. The third-order valence-electron chi connectivity index (χ3n) is 9.19. The van der Waals surface area contributed by atoms with Gasteiger partial charge >= 0.3 is 6.03 Å². The van der Waals surface area contributed by atoms with Crippen LogP contribution in [0.15, 0.2) is 60.9 Å². The Balaban J connectivity index is 1.10. The minimum absolute atomic E-state index is 0.0613. The number of nitrogens with zero attached hydrogens (tertiary/aromatic N) is 1. The van der Waals surface area contributed by atoms with Crippen LogP contribution in [0.25, 0.3) is 11.1 Å². The van der Waals surface area contributed by atoms with Gasteiger partial charge < -0.3 is 40.5 Å². The topological polar surface area (TPSA) is 153 Å². The second-order valence-electron chi connectivity index (χ2n) is 13.0. The molecule has 1 unspecified atom stereocenters. The summed E-state index contributed by atoms with van der Waals surface area (Å²) >= 11 is 6.66. The van der Waals surface area contributed by atoms with Crippen molar-refractivity contribution >= 4 is 17.6 Å². The molecule has 48 heavy (non-hydrogen) atoms. The number of carbonyl (C=O) groups excluding carboxylic acids is 1. The lowest BCUT2D eigenvalue weighted by Gasteiger charge is -2.22. The van der Waals surface area contributed by atoms with Crippen LogP contribution in [0.3, 0.4) is 0 Å². The Morgan fingerprint density at radius 2 is 1.81 bits per heavy atom. The van der Waals surface area contributed by atoms with E-state index in [2.05, 4.69) is 46.8 Å². The van der Waals surface area contributed by atoms with Gasteiger partial charge in [0, 0.05) is 48.2 Å². The van der Waals surface area contributed by atoms with Crippen molar-refractivity contribution in [2.75, 3.05) is 19.7 Å². The van der Waals surface area contributed by atoms with Crippen molar-refractivity contribution in [3.63, 3.8) is 0 Å². The lowest BCUT2D eigenvalue weighted by atomic mass is 9.94. The fourth-order valence-electron chi connectivity index (χ4n) is 5.87. The Kier molecular flexibility index (Phi) is 12.7. The Morgan fingerprint density at radius 3 is 2.56 bits per heavy atom. The lowest BCUT2D eigenvalue weighted by molar-refractivity contribution is -0.0634. The molecule has 2 aliphatic carbocycles. The van der Waals surface area contributed by atoms with E-state index in [0.29, 0.717) is 24.3 Å². The number of benzene rings is 2. The third-order valence-corrected chi connectivity index (χ3v) is 9.56. The molecule has 0 radical (unpaired) electrons. The smallest absolute Gasteiger partial charge is 0.314 e. The number of aromatic nitrogens is 1. The van der Waals surface area contributed by atoms with Crippen LogP contribution < -0.4 is 15.4 Å². The first-order valence-corrected chi connectivity index (χ1v) is 17.4. The van der Waals surface area contributed by atoms with Crippen molar-refractivity contribution in [3.8, 4) is 16.9 Å². The molecule has 2 amide bonds. The maximum atomic E-state index is 12.1. The molecule has 2 aliphatic rings. The molecule has 5 rings (SSSR count). The largest absolute Gasteiger partial charge is 0.490 e. The third kappa shape index (κ3) is 9.68. The van der Waals surface area contributed by atoms with Gasteiger partial charge in [0.25, 0.3) is 0 Å². The quantitative estimate of drug-likeness (QED) is 0.0946. The average Bonchev–Trinajstić information content (AvgIpc) is 4.04. The van der Waals surface area contributed by atoms with E-state index in [9.17, 15) is 20.1 Å². The molecule has 2 saturated carbocycles. The zero-order chi connectivity index (χ0) is 34.1. The molecule has 11 heteroatoms. The molecule has 1 heterocycles. The summed E-state index contributed by atoms with van der Waals surface area (Å²) in [6.07, 6.45) is 6.52. The molecule has 0 aliphatic heterocycles. The van der Waals surface area contributed by atoms with Crippen molar-refractivity contribution in [2.24, 2.45) is 0 Å². The molecule has 260 valence electrons. The number of pyridine rings is 1. The number of hydrogen-bond donors (Lipinski definition) is 6. The Hall–Kier alpha value is -3.25. The number of aliphatic hydroxyl groups excluding tert-OH is 4. The monoisotopic (exact) mass is 681 g/mol. The van der Waals surface area contributed by atoms with Crippen molar-refractivity contribution in [1.29, 1.82) is 0 Å². The number of para-hydroxylation sites is 1. The predicted molar refractivity (Wildman–Crippen MR) is 184 cm³/mol. The number of ether oxygens (including phenoxy) is 2. The van der Waals surface area contributed by atoms with Gasteiger partial charge in [-0.05, 0) is 85.8 Å². The summed E-state index contributed by atoms with van der Waals surface area (Å²) in [7, 11) is 0. The number of amides is 2. The molecule has 4 atom stereocenters. The normalized spacial score (nSPS) is 17.6. The summed E-state index contributed by atoms with van der Waals surface area (Å²) in [5.74, 6) is 1.18. The molecule has 0 saturated heterocycles. The first-order valence-electron chi connectivity index (χ1n) is 17.0. The van der Waals surface area contributed by atoms with Gasteiger partial charge in [0.1, 0.15) is 11.9 Å². The van der Waals surface area contributed by atoms with Gasteiger partial charge in [-0.1, -0.05) is 55.3 Å². The summed E-state index contributed by atoms with van der Waals surface area (Å²) in [6, 6.07) is 15.9. The number of aliphatic hydroxyl groups is 4. The van der Waals surface area contributed by atoms with E-state index in [4.69, 9.17) is 26.2 Å². The highest BCUT2D eigenvalue weighted by atomic mass is 35.5. The van der Waals surface area contributed by atoms with Gasteiger partial charge in [-0.2, -0.15) is 0 Å². The maximum Gasteiger partial charge on any atom is 0.314 e. The molecule has 2 aromatic carbocycles. The highest BCUT2D eigenvalue weighted by molar-refractivity contribution is 6.31. The number of carbonyl (C=O) groups is 1. The van der Waals surface area contributed by atoms with Crippen LogP contribution in [0.1, 0.15) is 80.9 Å². The van der Waals surface area contributed by atoms with Crippen LogP contribution in [0, 0.1) is 0 Å². The molecule has 10 nitrogen and oxygen atoms in total. The van der Waals surface area contributed by atoms with Gasteiger partial charge in [0.05, 0.1) is 30.5 Å². The van der Waals surface area contributed by atoms with Gasteiger partial charge in [-0.15, -0.1) is 0 Å². The van der Waals surface area contributed by atoms with Gasteiger partial charge in [0.2, 0.25) is 0 Å². The van der Waals surface area contributed by atoms with Crippen molar-refractivity contribution < 1.29 is 34.7 Å². The fourth-order valence-corrected chi connectivity index (χ4v) is 6.04. The van der Waals surface area contributed by atoms with Gasteiger partial charge in [-0.25, -0.2) is 4.79 Å². The van der Waals surface area contributed by atoms with E-state index in [1.165, 1.54) is 5.56 Å². The number of hydrogen-bond acceptors (Lipinski definition) is 8. The molecule has 0 bridgehead atoms. The SMILES string of the molecule is CC(CCCCNC(=O)NC[C@H](O)[C@@H](O)[C@H](O)CCO)c1ccc(Cl)c(COC2(c3cnccc3-c3ccccc3OC3CC3)CC2)c1. The zero-order valence-electron chi connectivity index (χ0n) is 27.5. The van der Waals surface area contributed by atoms with E-state index < -0.39 is 29.9 Å². The summed E-state index contributed by atoms with van der Waals surface area (Å²) in [6.45, 7) is 2.49. The number of unbranched alkanes of at least 4 members (excludes halogenated alkanes) is 1. The second kappa shape index (κ2) is 16.9. The summed E-state index contributed by atoms with van der Waals surface area (Å²) in [5.41, 5.74) is 4.93. The standard InChI is InChI=1S/C37H48ClN3O7/c1-24(6-4-5-17-40-36(46)41-22-33(44)35(45)32(43)14-19-42)25-9-12-31(38)26(20-25)23-47-37(15-16-37)30-21-39-18-13-28(30)29-7-2-3-8-34(29)48-27-10-11-27/h2-3,7-9,12-13,18,20-21,24,27,32-33,35,42-45H,4-6,10-11,14-17,19,22-23H2,1H3,(H2,40,41,46)/t24?,32-,33+,35+/m1/s1. The molecule has 1 aromatic heterocycles. The van der Waals surface area contributed by atoms with Crippen LogP contribution in [0.2, 0.25) is 5.02 Å². The lowest BCUT2D eigenvalue weighted by Crippen LogP contribution is -2.47. The molecule has 3 aromatic rings. The molecule has 2 fully saturated rings. The summed E-state index contributed by atoms with van der Waals surface area (Å²) in [5, 5.41) is 44.2. The van der Waals surface area contributed by atoms with Crippen molar-refractivity contribution in [3.05, 3.63) is 82.6 Å².